The molecule has 0 fully saturated rings. The van der Waals surface area contributed by atoms with Crippen molar-refractivity contribution in [1.82, 2.24) is 9.78 Å². The highest BCUT2D eigenvalue weighted by Gasteiger charge is 2.36. The van der Waals surface area contributed by atoms with Crippen LogP contribution in [-0.4, -0.2) is 31.0 Å². The molecule has 0 bridgehead atoms. The van der Waals surface area contributed by atoms with Gasteiger partial charge in [0.2, 0.25) is 5.03 Å². The molecular formula is C18H15N3O3S. The lowest BCUT2D eigenvalue weighted by Gasteiger charge is -2.17. The van der Waals surface area contributed by atoms with Crippen LogP contribution < -0.4 is 4.31 Å². The highest BCUT2D eigenvalue weighted by Crippen LogP contribution is 2.33. The van der Waals surface area contributed by atoms with E-state index in [0.717, 1.165) is 9.87 Å². The predicted molar refractivity (Wildman–Crippen MR) is 93.2 cm³/mol. The number of ketones is 1. The Balaban J connectivity index is 1.87. The fourth-order valence-electron chi connectivity index (χ4n) is 2.95. The molecule has 0 spiro atoms. The van der Waals surface area contributed by atoms with Crippen LogP contribution in [0.25, 0.3) is 0 Å². The number of nitrogens with zero attached hydrogens (tertiary/aromatic N) is 3. The topological polar surface area (TPSA) is 72.3 Å². The van der Waals surface area contributed by atoms with Crippen LogP contribution in [0.3, 0.4) is 0 Å². The van der Waals surface area contributed by atoms with Gasteiger partial charge in [-0.1, -0.05) is 42.5 Å². The summed E-state index contributed by atoms with van der Waals surface area (Å²) in [5, 5.41) is 4.01. The van der Waals surface area contributed by atoms with Gasteiger partial charge in [-0.3, -0.25) is 13.8 Å². The fraction of sp³-hybridized carbons (Fsp3) is 0.111. The summed E-state index contributed by atoms with van der Waals surface area (Å²) in [5.74, 6) is -0.335. The molecule has 1 aliphatic heterocycles. The zero-order valence-electron chi connectivity index (χ0n) is 13.5. The first-order valence-corrected chi connectivity index (χ1v) is 9.16. The van der Waals surface area contributed by atoms with Gasteiger partial charge < -0.3 is 0 Å². The second-order valence-electron chi connectivity index (χ2n) is 5.85. The number of rotatable bonds is 2. The number of benzene rings is 2. The minimum Gasteiger partial charge on any atom is -0.288 e. The molecule has 3 aromatic rings. The maximum atomic E-state index is 12.9. The van der Waals surface area contributed by atoms with Gasteiger partial charge >= 0.3 is 0 Å². The molecule has 0 saturated carbocycles. The van der Waals surface area contributed by atoms with Crippen LogP contribution in [0.1, 0.15) is 21.5 Å². The minimum absolute atomic E-state index is 0.104. The number of fused-ring (bicyclic) bond motifs is 2. The number of para-hydroxylation sites is 1. The third kappa shape index (κ3) is 2.44. The van der Waals surface area contributed by atoms with Crippen molar-refractivity contribution in [3.63, 3.8) is 0 Å². The fourth-order valence-corrected chi connectivity index (χ4v) is 4.25. The summed E-state index contributed by atoms with van der Waals surface area (Å²) >= 11 is 0. The van der Waals surface area contributed by atoms with E-state index in [4.69, 9.17) is 0 Å². The van der Waals surface area contributed by atoms with Crippen LogP contribution in [-0.2, 0) is 16.6 Å². The molecule has 0 aliphatic carbocycles. The summed E-state index contributed by atoms with van der Waals surface area (Å²) in [6.07, 6.45) is 1.51. The van der Waals surface area contributed by atoms with E-state index in [1.807, 2.05) is 30.3 Å². The summed E-state index contributed by atoms with van der Waals surface area (Å²) in [5.41, 5.74) is 1.79. The Labute approximate surface area is 145 Å². The number of aromatic nitrogens is 2. The Morgan fingerprint density at radius 3 is 2.40 bits per heavy atom. The lowest BCUT2D eigenvalue weighted by atomic mass is 10.0. The molecule has 1 aliphatic rings. The van der Waals surface area contributed by atoms with Crippen LogP contribution in [0.15, 0.2) is 65.8 Å². The summed E-state index contributed by atoms with van der Waals surface area (Å²) in [6, 6.07) is 16.2. The quantitative estimate of drug-likeness (QED) is 0.709. The molecule has 0 atom stereocenters. The van der Waals surface area contributed by atoms with Crippen LogP contribution in [0.5, 0.6) is 0 Å². The second kappa shape index (κ2) is 5.56. The highest BCUT2D eigenvalue weighted by molar-refractivity contribution is 7.92. The van der Waals surface area contributed by atoms with E-state index >= 15 is 0 Å². The number of hydrogen-bond donors (Lipinski definition) is 0. The maximum Gasteiger partial charge on any atom is 0.284 e. The molecule has 2 heterocycles. The molecule has 0 radical (unpaired) electrons. The molecule has 0 N–H and O–H groups in total. The molecule has 25 heavy (non-hydrogen) atoms. The zero-order valence-corrected chi connectivity index (χ0v) is 14.3. The van der Waals surface area contributed by atoms with Gasteiger partial charge in [-0.15, -0.1) is 0 Å². The average molecular weight is 353 g/mol. The van der Waals surface area contributed by atoms with E-state index in [2.05, 4.69) is 5.10 Å². The van der Waals surface area contributed by atoms with E-state index in [1.165, 1.54) is 17.9 Å². The zero-order chi connectivity index (χ0) is 17.6. The van der Waals surface area contributed by atoms with E-state index in [-0.39, 0.29) is 16.4 Å². The first-order chi connectivity index (χ1) is 12.0. The number of hydrogen-bond acceptors (Lipinski definition) is 4. The van der Waals surface area contributed by atoms with Gasteiger partial charge in [-0.2, -0.15) is 13.5 Å². The monoisotopic (exact) mass is 353 g/mol. The van der Waals surface area contributed by atoms with Crippen molar-refractivity contribution in [2.75, 3.05) is 11.4 Å². The van der Waals surface area contributed by atoms with Crippen LogP contribution in [0.2, 0.25) is 0 Å². The van der Waals surface area contributed by atoms with E-state index in [9.17, 15) is 13.2 Å². The van der Waals surface area contributed by atoms with Crippen molar-refractivity contribution in [3.05, 3.63) is 77.5 Å². The first-order valence-electron chi connectivity index (χ1n) is 7.72. The van der Waals surface area contributed by atoms with E-state index in [0.29, 0.717) is 17.8 Å². The van der Waals surface area contributed by atoms with Gasteiger partial charge in [0, 0.05) is 18.8 Å². The standard InChI is InChI=1S/C18H15N3O3S/c1-20-16-10-6-5-9-14(16)17(22)15-12-21(19-18(15)25(20,23)24)11-13-7-3-2-4-8-13/h2-10,12H,11H2,1H3. The molecule has 2 aromatic carbocycles. The van der Waals surface area contributed by atoms with Crippen LogP contribution >= 0.6 is 0 Å². The summed E-state index contributed by atoms with van der Waals surface area (Å²) < 4.78 is 28.4. The first kappa shape index (κ1) is 15.6. The summed E-state index contributed by atoms with van der Waals surface area (Å²) in [4.78, 5) is 12.9. The normalized spacial score (nSPS) is 15.4. The SMILES string of the molecule is CN1c2ccccc2C(=O)c2cn(Cc3ccccc3)nc2S1(=O)=O. The van der Waals surface area contributed by atoms with Crippen molar-refractivity contribution in [2.24, 2.45) is 0 Å². The number of sulfonamides is 1. The van der Waals surface area contributed by atoms with Gasteiger partial charge in [0.05, 0.1) is 17.8 Å². The molecule has 4 rings (SSSR count). The van der Waals surface area contributed by atoms with Gasteiger partial charge in [-0.05, 0) is 17.7 Å². The van der Waals surface area contributed by atoms with Crippen LogP contribution in [0.4, 0.5) is 5.69 Å². The minimum atomic E-state index is -3.89. The van der Waals surface area contributed by atoms with Gasteiger partial charge in [0.15, 0.2) is 5.78 Å². The highest BCUT2D eigenvalue weighted by atomic mass is 32.2. The van der Waals surface area contributed by atoms with Gasteiger partial charge in [0.1, 0.15) is 0 Å². The molecule has 6 nitrogen and oxygen atoms in total. The second-order valence-corrected chi connectivity index (χ2v) is 7.73. The number of carbonyl (C=O) groups is 1. The van der Waals surface area contributed by atoms with E-state index < -0.39 is 10.0 Å². The average Bonchev–Trinajstić information content (AvgIpc) is 3.04. The molecule has 7 heteroatoms. The Hall–Kier alpha value is -2.93. The Morgan fingerprint density at radius 1 is 0.960 bits per heavy atom. The number of anilines is 1. The molecule has 126 valence electrons. The molecular weight excluding hydrogens is 338 g/mol. The third-order valence-corrected chi connectivity index (χ3v) is 5.96. The Bertz CT molecular complexity index is 1070. The van der Waals surface area contributed by atoms with Crippen molar-refractivity contribution in [3.8, 4) is 0 Å². The summed E-state index contributed by atoms with van der Waals surface area (Å²) in [6.45, 7) is 0.391. The van der Waals surface area contributed by atoms with Crippen molar-refractivity contribution < 1.29 is 13.2 Å². The lowest BCUT2D eigenvalue weighted by Crippen LogP contribution is -2.27. The molecule has 0 amide bonds. The van der Waals surface area contributed by atoms with E-state index in [1.54, 1.807) is 24.3 Å². The molecule has 1 aromatic heterocycles. The maximum absolute atomic E-state index is 12.9. The van der Waals surface area contributed by atoms with Gasteiger partial charge in [0.25, 0.3) is 10.0 Å². The molecule has 0 unspecified atom stereocenters. The smallest absolute Gasteiger partial charge is 0.284 e. The van der Waals surface area contributed by atoms with Crippen molar-refractivity contribution in [1.29, 1.82) is 0 Å². The number of carbonyl (C=O) groups excluding carboxylic acids is 1. The van der Waals surface area contributed by atoms with Crippen molar-refractivity contribution >= 4 is 21.5 Å². The lowest BCUT2D eigenvalue weighted by molar-refractivity contribution is 0.103. The molecule has 0 saturated heterocycles. The Kier molecular flexibility index (Phi) is 3.47. The van der Waals surface area contributed by atoms with Crippen molar-refractivity contribution in [2.45, 2.75) is 11.6 Å². The third-order valence-electron chi connectivity index (χ3n) is 4.25. The van der Waals surface area contributed by atoms with Crippen LogP contribution in [0, 0.1) is 0 Å². The van der Waals surface area contributed by atoms with Gasteiger partial charge in [-0.25, -0.2) is 0 Å². The summed E-state index contributed by atoms with van der Waals surface area (Å²) in [7, 11) is -2.46. The largest absolute Gasteiger partial charge is 0.288 e. The predicted octanol–water partition coefficient (Wildman–Crippen LogP) is 2.30. The Morgan fingerprint density at radius 2 is 1.64 bits per heavy atom.